The number of para-hydroxylation sites is 1. The molecule has 5 nitrogen and oxygen atoms in total. The van der Waals surface area contributed by atoms with Crippen LogP contribution in [0.25, 0.3) is 0 Å². The molecule has 1 unspecified atom stereocenters. The topological polar surface area (TPSA) is 50.2 Å². The maximum Gasteiger partial charge on any atom is 0.322 e. The molecular weight excluding hydrogens is 348 g/mol. The number of hydrogen-bond donors (Lipinski definition) is 1. The number of urea groups is 1. The zero-order chi connectivity index (χ0) is 18.1. The van der Waals surface area contributed by atoms with Gasteiger partial charge in [-0.2, -0.15) is 5.10 Å². The van der Waals surface area contributed by atoms with E-state index in [0.717, 1.165) is 11.1 Å². The molecule has 0 saturated carbocycles. The number of nitrogens with one attached hydrogen (secondary N) is 1. The van der Waals surface area contributed by atoms with Crippen LogP contribution < -0.4 is 5.32 Å². The van der Waals surface area contributed by atoms with Crippen molar-refractivity contribution in [1.82, 2.24) is 14.7 Å². The van der Waals surface area contributed by atoms with Crippen molar-refractivity contribution < 1.29 is 4.79 Å². The maximum absolute atomic E-state index is 12.8. The van der Waals surface area contributed by atoms with Gasteiger partial charge in [-0.15, -0.1) is 0 Å². The van der Waals surface area contributed by atoms with Gasteiger partial charge in [-0.25, -0.2) is 4.79 Å². The van der Waals surface area contributed by atoms with Gasteiger partial charge in [-0.05, 0) is 28.8 Å². The summed E-state index contributed by atoms with van der Waals surface area (Å²) in [5.41, 5.74) is 4.13. The second-order valence-corrected chi connectivity index (χ2v) is 6.90. The summed E-state index contributed by atoms with van der Waals surface area (Å²) >= 11 is 6.17. The summed E-state index contributed by atoms with van der Waals surface area (Å²) in [4.78, 5) is 14.7. The molecule has 4 rings (SSSR count). The molecule has 0 saturated heterocycles. The predicted molar refractivity (Wildman–Crippen MR) is 102 cm³/mol. The lowest BCUT2D eigenvalue weighted by Gasteiger charge is -2.34. The molecule has 6 heteroatoms. The average Bonchev–Trinajstić information content (AvgIpc) is 3.09. The third-order valence-corrected chi connectivity index (χ3v) is 5.05. The van der Waals surface area contributed by atoms with Crippen molar-refractivity contribution in [1.29, 1.82) is 0 Å². The smallest absolute Gasteiger partial charge is 0.319 e. The van der Waals surface area contributed by atoms with Crippen LogP contribution in [0.2, 0.25) is 5.02 Å². The van der Waals surface area contributed by atoms with Gasteiger partial charge >= 0.3 is 6.03 Å². The molecule has 1 N–H and O–H groups in total. The fourth-order valence-electron chi connectivity index (χ4n) is 3.42. The Morgan fingerprint density at radius 1 is 1.19 bits per heavy atom. The Balaban J connectivity index is 1.62. The van der Waals surface area contributed by atoms with Gasteiger partial charge in [-0.3, -0.25) is 4.68 Å². The van der Waals surface area contributed by atoms with E-state index in [1.807, 2.05) is 48.6 Å². The van der Waals surface area contributed by atoms with Crippen molar-refractivity contribution in [3.63, 3.8) is 0 Å². The number of carbonyl (C=O) groups is 1. The molecular formula is C20H19ClN4O. The van der Waals surface area contributed by atoms with Crippen molar-refractivity contribution in [2.45, 2.75) is 12.5 Å². The van der Waals surface area contributed by atoms with E-state index in [0.29, 0.717) is 23.8 Å². The molecule has 132 valence electrons. The highest BCUT2D eigenvalue weighted by molar-refractivity contribution is 6.33. The van der Waals surface area contributed by atoms with Crippen LogP contribution in [-0.2, 0) is 13.6 Å². The Bertz CT molecular complexity index is 952. The first-order valence-corrected chi connectivity index (χ1v) is 8.86. The number of aromatic nitrogens is 2. The molecule has 0 spiro atoms. The molecule has 1 atom stereocenters. The van der Waals surface area contributed by atoms with E-state index in [4.69, 9.17) is 11.6 Å². The van der Waals surface area contributed by atoms with Gasteiger partial charge in [0.1, 0.15) is 0 Å². The van der Waals surface area contributed by atoms with E-state index >= 15 is 0 Å². The van der Waals surface area contributed by atoms with Crippen LogP contribution >= 0.6 is 11.6 Å². The largest absolute Gasteiger partial charge is 0.322 e. The number of anilines is 1. The third kappa shape index (κ3) is 3.18. The van der Waals surface area contributed by atoms with Crippen molar-refractivity contribution in [3.05, 3.63) is 82.6 Å². The average molecular weight is 367 g/mol. The van der Waals surface area contributed by atoms with Gasteiger partial charge in [0, 0.05) is 32.3 Å². The van der Waals surface area contributed by atoms with Crippen LogP contribution in [0.3, 0.4) is 0 Å². The van der Waals surface area contributed by atoms with Crippen LogP contribution in [0.1, 0.15) is 22.6 Å². The molecule has 1 aliphatic rings. The number of nitrogens with zero attached hydrogens (tertiary/aromatic N) is 3. The van der Waals surface area contributed by atoms with Crippen molar-refractivity contribution in [3.8, 4) is 0 Å². The molecule has 0 radical (unpaired) electrons. The number of benzene rings is 2. The van der Waals surface area contributed by atoms with Crippen LogP contribution in [0.15, 0.2) is 60.9 Å². The number of fused-ring (bicyclic) bond motifs is 1. The quantitative estimate of drug-likeness (QED) is 0.737. The summed E-state index contributed by atoms with van der Waals surface area (Å²) in [6.45, 7) is 1.17. The molecule has 1 aliphatic heterocycles. The number of carbonyl (C=O) groups excluding carboxylic acids is 1. The Labute approximate surface area is 157 Å². The number of halogens is 1. The fourth-order valence-corrected chi connectivity index (χ4v) is 3.61. The highest BCUT2D eigenvalue weighted by Crippen LogP contribution is 2.33. The number of hydrogen-bond acceptors (Lipinski definition) is 2. The molecule has 0 fully saturated rings. The van der Waals surface area contributed by atoms with Gasteiger partial charge in [0.05, 0.1) is 16.9 Å². The second kappa shape index (κ2) is 6.84. The van der Waals surface area contributed by atoms with Crippen molar-refractivity contribution >= 4 is 23.3 Å². The van der Waals surface area contributed by atoms with Crippen LogP contribution in [0.5, 0.6) is 0 Å². The Morgan fingerprint density at radius 3 is 2.73 bits per heavy atom. The minimum Gasteiger partial charge on any atom is -0.319 e. The van der Waals surface area contributed by atoms with Crippen LogP contribution in [-0.4, -0.2) is 27.3 Å². The fraction of sp³-hybridized carbons (Fsp3) is 0.200. The van der Waals surface area contributed by atoms with E-state index in [1.165, 1.54) is 5.56 Å². The Kier molecular flexibility index (Phi) is 4.39. The zero-order valence-corrected chi connectivity index (χ0v) is 15.1. The molecule has 26 heavy (non-hydrogen) atoms. The molecule has 0 bridgehead atoms. The van der Waals surface area contributed by atoms with Gasteiger partial charge in [-0.1, -0.05) is 48.0 Å². The Morgan fingerprint density at radius 2 is 1.96 bits per heavy atom. The molecule has 1 aromatic heterocycles. The summed E-state index contributed by atoms with van der Waals surface area (Å²) < 4.78 is 1.79. The third-order valence-electron chi connectivity index (χ3n) is 4.72. The SMILES string of the molecule is Cn1cc(C2CN(C(=O)Nc3ccccc3Cl)Cc3ccccc32)cn1. The minimum atomic E-state index is -0.151. The van der Waals surface area contributed by atoms with E-state index in [9.17, 15) is 4.79 Å². The molecule has 3 aromatic rings. The van der Waals surface area contributed by atoms with E-state index in [1.54, 1.807) is 16.8 Å². The first kappa shape index (κ1) is 16.7. The monoisotopic (exact) mass is 366 g/mol. The molecule has 0 aliphatic carbocycles. The summed E-state index contributed by atoms with van der Waals surface area (Å²) in [5.74, 6) is 0.102. The number of rotatable bonds is 2. The lowest BCUT2D eigenvalue weighted by molar-refractivity contribution is 0.203. The van der Waals surface area contributed by atoms with Gasteiger partial charge in [0.2, 0.25) is 0 Å². The van der Waals surface area contributed by atoms with Crippen molar-refractivity contribution in [2.75, 3.05) is 11.9 Å². The summed E-state index contributed by atoms with van der Waals surface area (Å²) in [5, 5.41) is 7.75. The lowest BCUT2D eigenvalue weighted by Crippen LogP contribution is -2.41. The molecule has 2 aromatic carbocycles. The predicted octanol–water partition coefficient (Wildman–Crippen LogP) is 4.25. The number of aryl methyl sites for hydroxylation is 1. The molecule has 2 amide bonds. The highest BCUT2D eigenvalue weighted by atomic mass is 35.5. The maximum atomic E-state index is 12.8. The second-order valence-electron chi connectivity index (χ2n) is 6.49. The lowest BCUT2D eigenvalue weighted by atomic mass is 9.86. The standard InChI is InChI=1S/C20H19ClN4O/c1-24-11-15(10-22-24)17-13-25(12-14-6-2-3-7-16(14)17)20(26)23-19-9-5-4-8-18(19)21/h2-11,17H,12-13H2,1H3,(H,23,26). The first-order chi connectivity index (χ1) is 12.6. The van der Waals surface area contributed by atoms with E-state index in [2.05, 4.69) is 22.5 Å². The summed E-state index contributed by atoms with van der Waals surface area (Å²) in [6.07, 6.45) is 3.88. The van der Waals surface area contributed by atoms with Crippen LogP contribution in [0, 0.1) is 0 Å². The Hall–Kier alpha value is -2.79. The van der Waals surface area contributed by atoms with Gasteiger partial charge < -0.3 is 10.2 Å². The van der Waals surface area contributed by atoms with Gasteiger partial charge in [0.15, 0.2) is 0 Å². The minimum absolute atomic E-state index is 0.102. The van der Waals surface area contributed by atoms with Crippen molar-refractivity contribution in [2.24, 2.45) is 7.05 Å². The molecule has 2 heterocycles. The first-order valence-electron chi connectivity index (χ1n) is 8.48. The highest BCUT2D eigenvalue weighted by Gasteiger charge is 2.30. The van der Waals surface area contributed by atoms with E-state index in [-0.39, 0.29) is 11.9 Å². The zero-order valence-electron chi connectivity index (χ0n) is 14.4. The number of amides is 2. The van der Waals surface area contributed by atoms with E-state index < -0.39 is 0 Å². The summed E-state index contributed by atoms with van der Waals surface area (Å²) in [7, 11) is 1.90. The normalized spacial score (nSPS) is 16.2. The van der Waals surface area contributed by atoms with Crippen LogP contribution in [0.4, 0.5) is 10.5 Å². The summed E-state index contributed by atoms with van der Waals surface area (Å²) in [6, 6.07) is 15.4. The van der Waals surface area contributed by atoms with Gasteiger partial charge in [0.25, 0.3) is 0 Å².